The summed E-state index contributed by atoms with van der Waals surface area (Å²) >= 11 is 0. The predicted molar refractivity (Wildman–Crippen MR) is 293 cm³/mol. The van der Waals surface area contributed by atoms with Crippen LogP contribution in [0.15, 0.2) is 97.2 Å². The predicted octanol–water partition coefficient (Wildman–Crippen LogP) is 18.9. The summed E-state index contributed by atoms with van der Waals surface area (Å²) in [5, 5.41) is 0. The number of rotatable bonds is 50. The van der Waals surface area contributed by atoms with Gasteiger partial charge in [-0.05, 0) is 83.5 Å². The van der Waals surface area contributed by atoms with Crippen LogP contribution in [0.5, 0.6) is 0 Å². The van der Waals surface area contributed by atoms with Crippen molar-refractivity contribution in [2.24, 2.45) is 0 Å². The topological polar surface area (TPSA) is 78.9 Å². The van der Waals surface area contributed by atoms with Gasteiger partial charge < -0.3 is 14.2 Å². The Kier molecular flexibility index (Phi) is 52.9. The molecule has 0 aliphatic rings. The highest BCUT2D eigenvalue weighted by molar-refractivity contribution is 5.71. The van der Waals surface area contributed by atoms with Gasteiger partial charge in [-0.3, -0.25) is 14.4 Å². The number of ether oxygens (including phenoxy) is 3. The third-order valence-electron chi connectivity index (χ3n) is 11.8. The number of hydrogen-bond acceptors (Lipinski definition) is 6. The van der Waals surface area contributed by atoms with E-state index in [-0.39, 0.29) is 37.5 Å². The number of esters is 3. The van der Waals surface area contributed by atoms with Crippen molar-refractivity contribution in [3.63, 3.8) is 0 Å². The van der Waals surface area contributed by atoms with Gasteiger partial charge in [0, 0.05) is 19.3 Å². The summed E-state index contributed by atoms with van der Waals surface area (Å²) in [6.45, 7) is 6.34. The monoisotopic (exact) mass is 945 g/mol. The van der Waals surface area contributed by atoms with E-state index in [0.29, 0.717) is 19.3 Å². The Bertz CT molecular complexity index is 1360. The minimum atomic E-state index is -0.812. The molecule has 0 spiro atoms. The van der Waals surface area contributed by atoms with Crippen LogP contribution < -0.4 is 0 Å². The van der Waals surface area contributed by atoms with E-state index >= 15 is 0 Å². The maximum atomic E-state index is 12.7. The second-order valence-electron chi connectivity index (χ2n) is 18.4. The molecule has 6 heteroatoms. The van der Waals surface area contributed by atoms with Crippen LogP contribution in [-0.4, -0.2) is 37.2 Å². The molecule has 0 radical (unpaired) electrons. The SMILES string of the molecule is CC/C=C\C/C=C\C/C=C\C/C=C\CCCCCCCCCCCCCCCCC(=O)OCC(COC(=O)CCCCCCCCCCCC)OC(=O)CC/C=C\C/C=C\C/C=C\C/C=C\CC. The molecule has 68 heavy (non-hydrogen) atoms. The summed E-state index contributed by atoms with van der Waals surface area (Å²) in [6, 6.07) is 0. The van der Waals surface area contributed by atoms with Crippen LogP contribution in [0.4, 0.5) is 0 Å². The van der Waals surface area contributed by atoms with Crippen LogP contribution in [0, 0.1) is 0 Å². The number of hydrogen-bond donors (Lipinski definition) is 0. The highest BCUT2D eigenvalue weighted by atomic mass is 16.6. The van der Waals surface area contributed by atoms with Gasteiger partial charge in [0.25, 0.3) is 0 Å². The van der Waals surface area contributed by atoms with E-state index < -0.39 is 6.10 Å². The van der Waals surface area contributed by atoms with Gasteiger partial charge in [0.1, 0.15) is 13.2 Å². The van der Waals surface area contributed by atoms with E-state index in [1.807, 2.05) is 12.2 Å². The van der Waals surface area contributed by atoms with Crippen LogP contribution in [0.25, 0.3) is 0 Å². The van der Waals surface area contributed by atoms with Crippen LogP contribution >= 0.6 is 0 Å². The Balaban J connectivity index is 4.23. The molecule has 0 heterocycles. The summed E-state index contributed by atoms with van der Waals surface area (Å²) in [6.07, 6.45) is 74.3. The molecule has 0 saturated carbocycles. The number of carbonyl (C=O) groups is 3. The third kappa shape index (κ3) is 53.3. The van der Waals surface area contributed by atoms with Crippen molar-refractivity contribution in [2.45, 2.75) is 264 Å². The first kappa shape index (κ1) is 64.3. The second kappa shape index (κ2) is 55.9. The first-order chi connectivity index (χ1) is 33.5. The molecule has 0 fully saturated rings. The fourth-order valence-electron chi connectivity index (χ4n) is 7.68. The zero-order valence-corrected chi connectivity index (χ0v) is 44.3. The zero-order valence-electron chi connectivity index (χ0n) is 44.3. The summed E-state index contributed by atoms with van der Waals surface area (Å²) in [5.74, 6) is -0.986. The number of carbonyl (C=O) groups excluding carboxylic acids is 3. The van der Waals surface area contributed by atoms with Crippen molar-refractivity contribution >= 4 is 17.9 Å². The van der Waals surface area contributed by atoms with E-state index in [1.165, 1.54) is 122 Å². The Hall–Kier alpha value is -3.67. The Labute approximate surface area is 419 Å². The molecule has 0 amide bonds. The standard InChI is InChI=1S/C62H104O6/c1-4-7-10-13-16-19-22-24-25-26-27-28-29-30-31-32-33-34-35-36-37-39-40-43-46-49-52-55-61(64)67-58-59(57-66-60(63)54-51-48-45-42-21-18-15-12-9-6-3)68-62(65)56-53-50-47-44-41-38-23-20-17-14-11-8-5-2/h7-8,10-11,16-17,19-20,24-25,27-28,38,41,47,50,59H,4-6,9,12-15,18,21-23,26,29-37,39-40,42-46,48-49,51-58H2,1-3H3/b10-7-,11-8-,19-16-,20-17-,25-24-,28-27-,41-38-,50-47-. The Morgan fingerprint density at radius 1 is 0.309 bits per heavy atom. The van der Waals surface area contributed by atoms with Gasteiger partial charge in [-0.2, -0.15) is 0 Å². The first-order valence-electron chi connectivity index (χ1n) is 28.2. The zero-order chi connectivity index (χ0) is 49.3. The highest BCUT2D eigenvalue weighted by Gasteiger charge is 2.19. The van der Waals surface area contributed by atoms with Gasteiger partial charge in [0.15, 0.2) is 6.10 Å². The van der Waals surface area contributed by atoms with Gasteiger partial charge in [-0.1, -0.05) is 253 Å². The first-order valence-corrected chi connectivity index (χ1v) is 28.2. The maximum Gasteiger partial charge on any atom is 0.306 e. The van der Waals surface area contributed by atoms with Crippen LogP contribution in [0.1, 0.15) is 258 Å². The van der Waals surface area contributed by atoms with E-state index in [4.69, 9.17) is 14.2 Å². The van der Waals surface area contributed by atoms with Gasteiger partial charge in [-0.15, -0.1) is 0 Å². The Morgan fingerprint density at radius 3 is 0.956 bits per heavy atom. The van der Waals surface area contributed by atoms with Gasteiger partial charge in [-0.25, -0.2) is 0 Å². The molecule has 1 unspecified atom stereocenters. The lowest BCUT2D eigenvalue weighted by Crippen LogP contribution is -2.30. The summed E-state index contributed by atoms with van der Waals surface area (Å²) in [4.78, 5) is 37.9. The smallest absolute Gasteiger partial charge is 0.306 e. The minimum Gasteiger partial charge on any atom is -0.462 e. The van der Waals surface area contributed by atoms with Crippen molar-refractivity contribution in [1.82, 2.24) is 0 Å². The second-order valence-corrected chi connectivity index (χ2v) is 18.4. The molecule has 1 atom stereocenters. The van der Waals surface area contributed by atoms with Crippen molar-refractivity contribution in [3.8, 4) is 0 Å². The van der Waals surface area contributed by atoms with E-state index in [0.717, 1.165) is 89.9 Å². The van der Waals surface area contributed by atoms with Gasteiger partial charge >= 0.3 is 17.9 Å². The molecule has 0 rings (SSSR count). The largest absolute Gasteiger partial charge is 0.462 e. The van der Waals surface area contributed by atoms with Crippen molar-refractivity contribution < 1.29 is 28.6 Å². The van der Waals surface area contributed by atoms with Crippen LogP contribution in [0.3, 0.4) is 0 Å². The molecule has 0 aromatic heterocycles. The molecule has 0 aliphatic carbocycles. The van der Waals surface area contributed by atoms with Crippen LogP contribution in [0.2, 0.25) is 0 Å². The quantitative estimate of drug-likeness (QED) is 0.0262. The molecule has 0 aromatic carbocycles. The fourth-order valence-corrected chi connectivity index (χ4v) is 7.68. The molecule has 6 nitrogen and oxygen atoms in total. The number of allylic oxidation sites excluding steroid dienone is 16. The fraction of sp³-hybridized carbons (Fsp3) is 0.694. The molecule has 0 saturated heterocycles. The van der Waals surface area contributed by atoms with Crippen LogP contribution in [-0.2, 0) is 28.6 Å². The lowest BCUT2D eigenvalue weighted by atomic mass is 10.0. The summed E-state index contributed by atoms with van der Waals surface area (Å²) < 4.78 is 16.7. The van der Waals surface area contributed by atoms with Crippen molar-refractivity contribution in [2.75, 3.05) is 13.2 Å². The molecule has 0 aliphatic heterocycles. The molecule has 388 valence electrons. The average Bonchev–Trinajstić information content (AvgIpc) is 3.34. The maximum absolute atomic E-state index is 12.7. The van der Waals surface area contributed by atoms with Crippen molar-refractivity contribution in [1.29, 1.82) is 0 Å². The Morgan fingerprint density at radius 2 is 0.603 bits per heavy atom. The number of unbranched alkanes of at least 4 members (excludes halogenated alkanes) is 23. The van der Waals surface area contributed by atoms with Gasteiger partial charge in [0.2, 0.25) is 0 Å². The van der Waals surface area contributed by atoms with Gasteiger partial charge in [0.05, 0.1) is 0 Å². The van der Waals surface area contributed by atoms with E-state index in [1.54, 1.807) is 0 Å². The molecular formula is C62H104O6. The van der Waals surface area contributed by atoms with Crippen molar-refractivity contribution in [3.05, 3.63) is 97.2 Å². The third-order valence-corrected chi connectivity index (χ3v) is 11.8. The normalized spacial score (nSPS) is 12.8. The summed E-state index contributed by atoms with van der Waals surface area (Å²) in [5.41, 5.74) is 0. The van der Waals surface area contributed by atoms with E-state index in [9.17, 15) is 14.4 Å². The lowest BCUT2D eigenvalue weighted by Gasteiger charge is -2.18. The summed E-state index contributed by atoms with van der Waals surface area (Å²) in [7, 11) is 0. The lowest BCUT2D eigenvalue weighted by molar-refractivity contribution is -0.166. The molecular weight excluding hydrogens is 841 g/mol. The molecule has 0 bridgehead atoms. The highest BCUT2D eigenvalue weighted by Crippen LogP contribution is 2.15. The molecule has 0 aromatic rings. The minimum absolute atomic E-state index is 0.104. The average molecular weight is 946 g/mol. The van der Waals surface area contributed by atoms with E-state index in [2.05, 4.69) is 106 Å². The molecule has 0 N–H and O–H groups in total.